The second kappa shape index (κ2) is 12.4. The summed E-state index contributed by atoms with van der Waals surface area (Å²) >= 11 is 6.20. The van der Waals surface area contributed by atoms with Crippen LogP contribution in [0, 0.1) is 5.92 Å². The van der Waals surface area contributed by atoms with Gasteiger partial charge in [-0.2, -0.15) is 0 Å². The first-order valence-electron chi connectivity index (χ1n) is 11.7. The second-order valence-electron chi connectivity index (χ2n) is 8.89. The topological polar surface area (TPSA) is 113 Å². The molecule has 0 spiro atoms. The average molecular weight is 525 g/mol. The van der Waals surface area contributed by atoms with Crippen molar-refractivity contribution in [1.29, 1.82) is 0 Å². The Hall–Kier alpha value is -3.91. The number of ether oxygens (including phenoxy) is 1. The highest BCUT2D eigenvalue weighted by Gasteiger charge is 2.32. The van der Waals surface area contributed by atoms with Gasteiger partial charge in [-0.25, -0.2) is 4.79 Å². The minimum Gasteiger partial charge on any atom is -0.495 e. The molecular formula is C28H29ClN2O6. The third-order valence-electron chi connectivity index (χ3n) is 6.14. The van der Waals surface area contributed by atoms with Crippen LogP contribution in [0.4, 0.5) is 5.69 Å². The number of anilines is 1. The number of allylic oxidation sites excluding steroid dienone is 2. The molecule has 1 saturated carbocycles. The fourth-order valence-electron chi connectivity index (χ4n) is 3.98. The van der Waals surface area contributed by atoms with Crippen molar-refractivity contribution in [3.8, 4) is 0 Å². The smallest absolute Gasteiger partial charge is 0.335 e. The van der Waals surface area contributed by atoms with Gasteiger partial charge in [0.1, 0.15) is 18.1 Å². The number of ketones is 1. The Morgan fingerprint density at radius 1 is 1.16 bits per heavy atom. The molecule has 2 aromatic rings. The van der Waals surface area contributed by atoms with Gasteiger partial charge in [-0.1, -0.05) is 24.4 Å². The number of benzene rings is 2. The molecule has 3 rings (SSSR count). The molecule has 1 fully saturated rings. The highest BCUT2D eigenvalue weighted by Crippen LogP contribution is 2.36. The van der Waals surface area contributed by atoms with E-state index in [9.17, 15) is 19.2 Å². The van der Waals surface area contributed by atoms with Crippen molar-refractivity contribution in [2.75, 3.05) is 19.5 Å². The van der Waals surface area contributed by atoms with E-state index in [1.807, 2.05) is 0 Å². The number of nitrogens with one attached hydrogen (secondary N) is 1. The zero-order valence-electron chi connectivity index (χ0n) is 20.9. The van der Waals surface area contributed by atoms with Gasteiger partial charge in [0.2, 0.25) is 5.91 Å². The Labute approximate surface area is 220 Å². The lowest BCUT2D eigenvalue weighted by atomic mass is 9.95. The zero-order chi connectivity index (χ0) is 27.1. The fraction of sp³-hybridized carbons (Fsp3) is 0.286. The first-order valence-corrected chi connectivity index (χ1v) is 12.1. The number of hydrogen-bond donors (Lipinski definition) is 2. The van der Waals surface area contributed by atoms with Crippen LogP contribution in [0.2, 0.25) is 5.02 Å². The van der Waals surface area contributed by atoms with Gasteiger partial charge >= 0.3 is 5.97 Å². The Morgan fingerprint density at radius 3 is 2.38 bits per heavy atom. The lowest BCUT2D eigenvalue weighted by Gasteiger charge is -2.27. The minimum atomic E-state index is -1.05. The monoisotopic (exact) mass is 524 g/mol. The molecule has 1 aliphatic rings. The van der Waals surface area contributed by atoms with Crippen molar-refractivity contribution in [3.63, 3.8) is 0 Å². The maximum Gasteiger partial charge on any atom is 0.335 e. The van der Waals surface area contributed by atoms with E-state index in [0.717, 1.165) is 12.8 Å². The van der Waals surface area contributed by atoms with Crippen LogP contribution < -0.4 is 5.32 Å². The molecule has 8 nitrogen and oxygen atoms in total. The fourth-order valence-corrected chi connectivity index (χ4v) is 4.15. The second-order valence-corrected chi connectivity index (χ2v) is 9.33. The first-order chi connectivity index (χ1) is 17.6. The van der Waals surface area contributed by atoms with E-state index in [0.29, 0.717) is 46.0 Å². The van der Waals surface area contributed by atoms with Gasteiger partial charge in [-0.15, -0.1) is 0 Å². The van der Waals surface area contributed by atoms with E-state index >= 15 is 0 Å². The summed E-state index contributed by atoms with van der Waals surface area (Å²) in [7, 11) is 3.18. The molecule has 0 aliphatic heterocycles. The molecule has 0 heterocycles. The summed E-state index contributed by atoms with van der Waals surface area (Å²) in [6.45, 7) is 1.42. The number of methoxy groups -OCH3 is 1. The molecule has 37 heavy (non-hydrogen) atoms. The molecule has 2 aromatic carbocycles. The Kier molecular flexibility index (Phi) is 9.25. The number of likely N-dealkylation sites (N-methyl/N-ethyl adjacent to an activating group) is 1. The van der Waals surface area contributed by atoms with Crippen LogP contribution in [0.5, 0.6) is 0 Å². The number of amides is 1. The third-order valence-corrected chi connectivity index (χ3v) is 6.37. The number of aromatic carboxylic acids is 1. The van der Waals surface area contributed by atoms with Crippen LogP contribution in [-0.2, 0) is 14.3 Å². The van der Waals surface area contributed by atoms with Crippen molar-refractivity contribution in [3.05, 3.63) is 82.2 Å². The van der Waals surface area contributed by atoms with Crippen molar-refractivity contribution in [2.24, 2.45) is 5.92 Å². The highest BCUT2D eigenvalue weighted by atomic mass is 35.5. The maximum atomic E-state index is 13.3. The van der Waals surface area contributed by atoms with Crippen LogP contribution in [0.25, 0.3) is 5.57 Å². The number of Topliss-reactive ketones (excluding diaryl/α,β-unsaturated/α-hetero) is 1. The molecule has 1 atom stereocenters. The van der Waals surface area contributed by atoms with E-state index in [-0.39, 0.29) is 23.0 Å². The summed E-state index contributed by atoms with van der Waals surface area (Å²) in [5.41, 5.74) is 1.77. The summed E-state index contributed by atoms with van der Waals surface area (Å²) in [6, 6.07) is 10.1. The number of hydrogen-bond acceptors (Lipinski definition) is 6. The predicted octanol–water partition coefficient (Wildman–Crippen LogP) is 5.05. The van der Waals surface area contributed by atoms with Gasteiger partial charge < -0.3 is 20.1 Å². The molecule has 0 unspecified atom stereocenters. The Bertz CT molecular complexity index is 1250. The lowest BCUT2D eigenvalue weighted by Crippen LogP contribution is -2.40. The molecule has 0 saturated heterocycles. The van der Waals surface area contributed by atoms with Gasteiger partial charge in [0.15, 0.2) is 5.78 Å². The molecule has 1 amide bonds. The number of carbonyl (C=O) groups is 4. The Morgan fingerprint density at radius 2 is 1.84 bits per heavy atom. The summed E-state index contributed by atoms with van der Waals surface area (Å²) in [4.78, 5) is 49.9. The number of aldehydes is 1. The van der Waals surface area contributed by atoms with Crippen molar-refractivity contribution < 1.29 is 29.0 Å². The van der Waals surface area contributed by atoms with Gasteiger partial charge in [-0.05, 0) is 73.4 Å². The first kappa shape index (κ1) is 27.7. The summed E-state index contributed by atoms with van der Waals surface area (Å²) in [5, 5.41) is 12.3. The Balaban J connectivity index is 1.93. The molecule has 1 aliphatic carbocycles. The summed E-state index contributed by atoms with van der Waals surface area (Å²) in [6.07, 6.45) is 6.19. The van der Waals surface area contributed by atoms with Gasteiger partial charge in [0.25, 0.3) is 0 Å². The number of carbonyl (C=O) groups excluding carboxylic acids is 3. The van der Waals surface area contributed by atoms with Crippen LogP contribution in [0.15, 0.2) is 60.5 Å². The van der Waals surface area contributed by atoms with Crippen LogP contribution in [-0.4, -0.2) is 54.2 Å². The normalized spacial score (nSPS) is 14.5. The van der Waals surface area contributed by atoms with Gasteiger partial charge in [-0.3, -0.25) is 14.4 Å². The molecule has 2 N–H and O–H groups in total. The number of rotatable bonds is 12. The van der Waals surface area contributed by atoms with Crippen molar-refractivity contribution in [2.45, 2.75) is 32.2 Å². The summed E-state index contributed by atoms with van der Waals surface area (Å²) < 4.78 is 5.62. The molecule has 0 aromatic heterocycles. The van der Waals surface area contributed by atoms with Gasteiger partial charge in [0, 0.05) is 35.1 Å². The zero-order valence-corrected chi connectivity index (χ0v) is 21.6. The third kappa shape index (κ3) is 7.30. The van der Waals surface area contributed by atoms with Crippen molar-refractivity contribution >= 4 is 46.8 Å². The van der Waals surface area contributed by atoms with E-state index in [4.69, 9.17) is 21.4 Å². The van der Waals surface area contributed by atoms with Crippen LogP contribution >= 0.6 is 11.6 Å². The van der Waals surface area contributed by atoms with E-state index in [1.165, 1.54) is 32.2 Å². The van der Waals surface area contributed by atoms with E-state index < -0.39 is 12.0 Å². The van der Waals surface area contributed by atoms with Crippen molar-refractivity contribution in [1.82, 2.24) is 4.90 Å². The molecule has 9 heteroatoms. The number of halogens is 1. The molecular weight excluding hydrogens is 496 g/mol. The standard InChI is InChI=1S/C28H29ClN2O6/c1-17(33)22-11-8-20(29)15-24(22)23(12-13-32)26(37-3)16-31(2)25(14-18-4-5-18)27(34)30-21-9-6-19(7-10-21)28(35)36/h6-13,15-16,18,25H,4-5,14H2,1-3H3,(H,30,34)(H,35,36)/b23-12-,26-16+/t25-/m0/s1. The number of nitrogens with zero attached hydrogens (tertiary/aromatic N) is 1. The number of carboxylic acids is 1. The highest BCUT2D eigenvalue weighted by molar-refractivity contribution is 6.31. The largest absolute Gasteiger partial charge is 0.495 e. The van der Waals surface area contributed by atoms with E-state index in [1.54, 1.807) is 48.5 Å². The molecule has 0 bridgehead atoms. The molecule has 0 radical (unpaired) electrons. The SMILES string of the molecule is COC(=C/N(C)[C@@H](CC1CC1)C(=O)Nc1ccc(C(=O)O)cc1)/C(=C\C=O)c1cc(Cl)ccc1C(C)=O. The maximum absolute atomic E-state index is 13.3. The predicted molar refractivity (Wildman–Crippen MR) is 142 cm³/mol. The van der Waals surface area contributed by atoms with E-state index in [2.05, 4.69) is 5.32 Å². The van der Waals surface area contributed by atoms with Gasteiger partial charge in [0.05, 0.1) is 12.7 Å². The number of carboxylic acid groups (broad SMARTS) is 1. The van der Waals surface area contributed by atoms with Crippen LogP contribution in [0.1, 0.15) is 52.5 Å². The van der Waals surface area contributed by atoms with Crippen LogP contribution in [0.3, 0.4) is 0 Å². The average Bonchev–Trinajstić information content (AvgIpc) is 3.68. The molecule has 194 valence electrons. The lowest BCUT2D eigenvalue weighted by molar-refractivity contribution is -0.120. The summed E-state index contributed by atoms with van der Waals surface area (Å²) in [5.74, 6) is -0.828. The quantitative estimate of drug-likeness (QED) is 0.131. The minimum absolute atomic E-state index is 0.123.